The van der Waals surface area contributed by atoms with Gasteiger partial charge >= 0.3 is 17.9 Å². The molecule has 0 radical (unpaired) electrons. The standard InChI is InChI=1S/C28H28N2O9/c1-30(2)20-13-11-19(12-14-20)29-25(31)23(38-27(34)17-7-5-9-21(15-17)36-3)24(26(32)33)39-28(35)18-8-6-10-22(16-18)37-4/h5-16,23-24H,1-4H3,(H,29,31)(H,32,33)/t23-,24-/m1/s1. The first-order chi connectivity index (χ1) is 18.6. The molecule has 0 aromatic heterocycles. The van der Waals surface area contributed by atoms with Crippen LogP contribution in [0, 0.1) is 0 Å². The first-order valence-electron chi connectivity index (χ1n) is 11.6. The van der Waals surface area contributed by atoms with E-state index in [0.717, 1.165) is 5.69 Å². The molecular weight excluding hydrogens is 508 g/mol. The molecule has 3 aromatic rings. The number of hydrogen-bond acceptors (Lipinski definition) is 9. The van der Waals surface area contributed by atoms with Crippen LogP contribution >= 0.6 is 0 Å². The fourth-order valence-corrected chi connectivity index (χ4v) is 3.42. The summed E-state index contributed by atoms with van der Waals surface area (Å²) in [6, 6.07) is 18.3. The minimum Gasteiger partial charge on any atom is -0.497 e. The van der Waals surface area contributed by atoms with Crippen molar-refractivity contribution in [2.24, 2.45) is 0 Å². The smallest absolute Gasteiger partial charge is 0.349 e. The average molecular weight is 537 g/mol. The van der Waals surface area contributed by atoms with E-state index in [4.69, 9.17) is 18.9 Å². The van der Waals surface area contributed by atoms with Crippen molar-refractivity contribution in [2.75, 3.05) is 38.5 Å². The Hall–Kier alpha value is -5.06. The van der Waals surface area contributed by atoms with Crippen LogP contribution in [-0.4, -0.2) is 69.4 Å². The summed E-state index contributed by atoms with van der Waals surface area (Å²) in [7, 11) is 6.49. The van der Waals surface area contributed by atoms with Crippen LogP contribution in [0.5, 0.6) is 11.5 Å². The lowest BCUT2D eigenvalue weighted by atomic mass is 10.1. The minimum atomic E-state index is -2.18. The average Bonchev–Trinajstić information content (AvgIpc) is 2.94. The van der Waals surface area contributed by atoms with E-state index in [2.05, 4.69) is 5.32 Å². The lowest BCUT2D eigenvalue weighted by Crippen LogP contribution is -2.48. The summed E-state index contributed by atoms with van der Waals surface area (Å²) in [6.07, 6.45) is -4.23. The monoisotopic (exact) mass is 536 g/mol. The molecule has 204 valence electrons. The number of benzene rings is 3. The lowest BCUT2D eigenvalue weighted by Gasteiger charge is -2.24. The molecule has 0 bridgehead atoms. The Morgan fingerprint density at radius 1 is 0.744 bits per heavy atom. The molecule has 39 heavy (non-hydrogen) atoms. The topological polar surface area (TPSA) is 141 Å². The van der Waals surface area contributed by atoms with Gasteiger partial charge in [0, 0.05) is 25.5 Å². The number of carbonyl (C=O) groups excluding carboxylic acids is 3. The number of hydrogen-bond donors (Lipinski definition) is 2. The van der Waals surface area contributed by atoms with Crippen LogP contribution < -0.4 is 19.7 Å². The fourth-order valence-electron chi connectivity index (χ4n) is 3.42. The molecule has 0 heterocycles. The Kier molecular flexibility index (Phi) is 9.47. The highest BCUT2D eigenvalue weighted by Crippen LogP contribution is 2.21. The van der Waals surface area contributed by atoms with Gasteiger partial charge in [-0.25, -0.2) is 14.4 Å². The van der Waals surface area contributed by atoms with Gasteiger partial charge in [0.1, 0.15) is 11.5 Å². The van der Waals surface area contributed by atoms with E-state index < -0.39 is 36.0 Å². The Balaban J connectivity index is 1.92. The fraction of sp³-hybridized carbons (Fsp3) is 0.214. The molecule has 2 N–H and O–H groups in total. The molecule has 11 heteroatoms. The predicted octanol–water partition coefficient (Wildman–Crippen LogP) is 3.24. The summed E-state index contributed by atoms with van der Waals surface area (Å²) in [4.78, 5) is 53.1. The number of aliphatic carboxylic acids is 1. The maximum atomic E-state index is 13.3. The van der Waals surface area contributed by atoms with Gasteiger partial charge in [-0.3, -0.25) is 4.79 Å². The third-order valence-corrected chi connectivity index (χ3v) is 5.51. The highest BCUT2D eigenvalue weighted by molar-refractivity contribution is 6.01. The highest BCUT2D eigenvalue weighted by Gasteiger charge is 2.41. The Morgan fingerprint density at radius 3 is 1.67 bits per heavy atom. The molecule has 0 unspecified atom stereocenters. The van der Waals surface area contributed by atoms with Gasteiger partial charge in [-0.05, 0) is 60.7 Å². The highest BCUT2D eigenvalue weighted by atomic mass is 16.6. The summed E-state index contributed by atoms with van der Waals surface area (Å²) in [5, 5.41) is 12.4. The summed E-state index contributed by atoms with van der Waals surface area (Å²) in [5.41, 5.74) is 1.12. The van der Waals surface area contributed by atoms with Crippen molar-refractivity contribution < 1.29 is 43.2 Å². The van der Waals surface area contributed by atoms with Crippen molar-refractivity contribution in [1.82, 2.24) is 0 Å². The molecular formula is C28H28N2O9. The number of ether oxygens (including phenoxy) is 4. The molecule has 0 aliphatic carbocycles. The number of amides is 1. The van der Waals surface area contributed by atoms with Crippen molar-refractivity contribution in [3.05, 3.63) is 83.9 Å². The van der Waals surface area contributed by atoms with E-state index >= 15 is 0 Å². The first-order valence-corrected chi connectivity index (χ1v) is 11.6. The van der Waals surface area contributed by atoms with Gasteiger partial charge in [-0.15, -0.1) is 0 Å². The maximum Gasteiger partial charge on any atom is 0.349 e. The summed E-state index contributed by atoms with van der Waals surface area (Å²) in [5.74, 6) is -4.14. The van der Waals surface area contributed by atoms with Gasteiger partial charge in [0.15, 0.2) is 0 Å². The number of methoxy groups -OCH3 is 2. The number of carbonyl (C=O) groups is 4. The van der Waals surface area contributed by atoms with Gasteiger partial charge in [-0.2, -0.15) is 0 Å². The summed E-state index contributed by atoms with van der Waals surface area (Å²) < 4.78 is 20.7. The largest absolute Gasteiger partial charge is 0.497 e. The van der Waals surface area contributed by atoms with Crippen molar-refractivity contribution in [1.29, 1.82) is 0 Å². The van der Waals surface area contributed by atoms with Crippen LogP contribution in [0.15, 0.2) is 72.8 Å². The molecule has 1 amide bonds. The number of carboxylic acid groups (broad SMARTS) is 1. The van der Waals surface area contributed by atoms with Crippen LogP contribution in [0.2, 0.25) is 0 Å². The molecule has 0 saturated carbocycles. The molecule has 0 fully saturated rings. The Morgan fingerprint density at radius 2 is 1.23 bits per heavy atom. The second kappa shape index (κ2) is 13.0. The number of nitrogens with one attached hydrogen (secondary N) is 1. The van der Waals surface area contributed by atoms with E-state index in [-0.39, 0.29) is 11.1 Å². The number of carboxylic acids is 1. The zero-order chi connectivity index (χ0) is 28.5. The second-order valence-corrected chi connectivity index (χ2v) is 8.38. The number of nitrogens with zero attached hydrogens (tertiary/aromatic N) is 1. The Bertz CT molecular complexity index is 1340. The van der Waals surface area contributed by atoms with E-state index in [1.165, 1.54) is 50.6 Å². The number of rotatable bonds is 11. The molecule has 0 saturated heterocycles. The zero-order valence-electron chi connectivity index (χ0n) is 21.7. The van der Waals surface area contributed by atoms with Gasteiger partial charge in [-0.1, -0.05) is 12.1 Å². The van der Waals surface area contributed by atoms with Crippen LogP contribution in [-0.2, 0) is 19.1 Å². The molecule has 2 atom stereocenters. The van der Waals surface area contributed by atoms with Gasteiger partial charge < -0.3 is 34.3 Å². The van der Waals surface area contributed by atoms with E-state index in [0.29, 0.717) is 17.2 Å². The third-order valence-electron chi connectivity index (χ3n) is 5.51. The van der Waals surface area contributed by atoms with Crippen molar-refractivity contribution in [3.63, 3.8) is 0 Å². The Labute approximate surface area is 224 Å². The van der Waals surface area contributed by atoms with Crippen molar-refractivity contribution in [2.45, 2.75) is 12.2 Å². The quantitative estimate of drug-likeness (QED) is 0.351. The van der Waals surface area contributed by atoms with Crippen LogP contribution in [0.25, 0.3) is 0 Å². The van der Waals surface area contributed by atoms with Crippen LogP contribution in [0.3, 0.4) is 0 Å². The minimum absolute atomic E-state index is 0.00857. The molecule has 0 spiro atoms. The maximum absolute atomic E-state index is 13.3. The SMILES string of the molecule is COc1cccc(C(=O)O[C@@H](C(=O)O)[C@@H](OC(=O)c2cccc(OC)c2)C(=O)Nc2ccc(N(C)C)cc2)c1. The normalized spacial score (nSPS) is 11.9. The molecule has 0 aliphatic heterocycles. The number of esters is 2. The van der Waals surface area contributed by atoms with E-state index in [1.807, 2.05) is 19.0 Å². The zero-order valence-corrected chi connectivity index (χ0v) is 21.7. The molecule has 3 aromatic carbocycles. The van der Waals surface area contributed by atoms with E-state index in [9.17, 15) is 24.3 Å². The van der Waals surface area contributed by atoms with Crippen LogP contribution in [0.4, 0.5) is 11.4 Å². The van der Waals surface area contributed by atoms with Gasteiger partial charge in [0.25, 0.3) is 5.91 Å². The van der Waals surface area contributed by atoms with Crippen LogP contribution in [0.1, 0.15) is 20.7 Å². The first kappa shape index (κ1) is 28.5. The van der Waals surface area contributed by atoms with Crippen molar-refractivity contribution >= 4 is 35.2 Å². The molecule has 3 rings (SSSR count). The van der Waals surface area contributed by atoms with Gasteiger partial charge in [0.05, 0.1) is 25.3 Å². The second-order valence-electron chi connectivity index (χ2n) is 8.38. The van der Waals surface area contributed by atoms with Gasteiger partial charge in [0.2, 0.25) is 12.2 Å². The van der Waals surface area contributed by atoms with E-state index in [1.54, 1.807) is 36.4 Å². The summed E-state index contributed by atoms with van der Waals surface area (Å²) in [6.45, 7) is 0. The van der Waals surface area contributed by atoms with Crippen molar-refractivity contribution in [3.8, 4) is 11.5 Å². The third kappa shape index (κ3) is 7.48. The lowest BCUT2D eigenvalue weighted by molar-refractivity contribution is -0.157. The predicted molar refractivity (Wildman–Crippen MR) is 141 cm³/mol. The number of anilines is 2. The summed E-state index contributed by atoms with van der Waals surface area (Å²) >= 11 is 0. The molecule has 11 nitrogen and oxygen atoms in total. The molecule has 0 aliphatic rings.